The van der Waals surface area contributed by atoms with Crippen LogP contribution >= 0.6 is 0 Å². The van der Waals surface area contributed by atoms with Crippen LogP contribution in [-0.4, -0.2) is 24.8 Å². The fraction of sp³-hybridized carbons (Fsp3) is 0.333. The van der Waals surface area contributed by atoms with Crippen molar-refractivity contribution in [3.8, 4) is 6.07 Å². The summed E-state index contributed by atoms with van der Waals surface area (Å²) in [7, 11) is 1.97. The number of carbonyl (C=O) groups is 1. The molecule has 0 radical (unpaired) electrons. The quantitative estimate of drug-likeness (QED) is 0.417. The Morgan fingerprint density at radius 2 is 1.95 bits per heavy atom. The average Bonchev–Trinajstić information content (AvgIpc) is 2.51. The lowest BCUT2D eigenvalue weighted by Gasteiger charge is -2.14. The van der Waals surface area contributed by atoms with E-state index in [-0.39, 0.29) is 0 Å². The van der Waals surface area contributed by atoms with Crippen LogP contribution in [0.3, 0.4) is 0 Å². The van der Waals surface area contributed by atoms with Gasteiger partial charge in [0.2, 0.25) is 0 Å². The molecule has 110 valence electrons. The normalized spacial score (nSPS) is 11.4. The van der Waals surface area contributed by atoms with Crippen LogP contribution in [0.1, 0.15) is 24.5 Å². The molecule has 3 nitrogen and oxygen atoms in total. The Morgan fingerprint density at radius 1 is 1.29 bits per heavy atom. The van der Waals surface area contributed by atoms with Gasteiger partial charge in [0, 0.05) is 25.4 Å². The molecule has 0 aromatic heterocycles. The Bertz CT molecular complexity index is 535. The molecule has 3 heteroatoms. The molecular formula is C18H22N2O. The van der Waals surface area contributed by atoms with E-state index in [1.54, 1.807) is 0 Å². The van der Waals surface area contributed by atoms with Gasteiger partial charge in [-0.2, -0.15) is 5.26 Å². The highest BCUT2D eigenvalue weighted by Gasteiger charge is 1.98. The van der Waals surface area contributed by atoms with Gasteiger partial charge in [0.05, 0.1) is 12.5 Å². The number of aldehydes is 1. The lowest BCUT2D eigenvalue weighted by molar-refractivity contribution is -0.104. The highest BCUT2D eigenvalue weighted by molar-refractivity contribution is 5.77. The van der Waals surface area contributed by atoms with Gasteiger partial charge in [0.1, 0.15) is 0 Å². The first kappa shape index (κ1) is 16.7. The molecule has 0 N–H and O–H groups in total. The molecule has 1 aromatic rings. The van der Waals surface area contributed by atoms with Gasteiger partial charge in [-0.1, -0.05) is 43.3 Å². The first-order valence-corrected chi connectivity index (χ1v) is 7.18. The molecule has 0 heterocycles. The predicted molar refractivity (Wildman–Crippen MR) is 85.7 cm³/mol. The Balaban J connectivity index is 2.53. The van der Waals surface area contributed by atoms with E-state index in [4.69, 9.17) is 5.26 Å². The number of nitriles is 1. The summed E-state index contributed by atoms with van der Waals surface area (Å²) in [6, 6.07) is 10.2. The number of hydrogen-bond donors (Lipinski definition) is 0. The molecule has 0 saturated carbocycles. The number of benzene rings is 1. The summed E-state index contributed by atoms with van der Waals surface area (Å²) < 4.78 is 0. The Kier molecular flexibility index (Phi) is 7.60. The standard InChI is InChI=1S/C18H22N2O/c1-3-4-5-18(15-21)14-20(2)13-11-17-8-6-16(7-9-17)10-12-19/h4-9,14-15H,3,10-11,13H2,1-2H3/b5-4+,18-14+. The maximum atomic E-state index is 10.9. The number of likely N-dealkylation sites (N-methyl/N-ethyl adjacent to an activating group) is 1. The maximum absolute atomic E-state index is 10.9. The lowest BCUT2D eigenvalue weighted by Crippen LogP contribution is -2.15. The summed E-state index contributed by atoms with van der Waals surface area (Å²) in [4.78, 5) is 13.0. The number of carbonyl (C=O) groups excluding carboxylic acids is 1. The molecule has 1 rings (SSSR count). The molecule has 0 amide bonds. The molecule has 0 aliphatic carbocycles. The van der Waals surface area contributed by atoms with Crippen molar-refractivity contribution in [3.05, 3.63) is 59.3 Å². The summed E-state index contributed by atoms with van der Waals surface area (Å²) in [5.74, 6) is 0. The monoisotopic (exact) mass is 282 g/mol. The van der Waals surface area contributed by atoms with Crippen LogP contribution in [0.25, 0.3) is 0 Å². The van der Waals surface area contributed by atoms with E-state index >= 15 is 0 Å². The van der Waals surface area contributed by atoms with Crippen molar-refractivity contribution in [1.82, 2.24) is 4.90 Å². The van der Waals surface area contributed by atoms with Gasteiger partial charge in [-0.05, 0) is 24.0 Å². The molecule has 0 aliphatic heterocycles. The first-order valence-electron chi connectivity index (χ1n) is 7.18. The zero-order valence-corrected chi connectivity index (χ0v) is 12.7. The van der Waals surface area contributed by atoms with Crippen molar-refractivity contribution in [2.45, 2.75) is 26.2 Å². The summed E-state index contributed by atoms with van der Waals surface area (Å²) in [5, 5.41) is 8.64. The van der Waals surface area contributed by atoms with Crippen molar-refractivity contribution in [1.29, 1.82) is 5.26 Å². The minimum Gasteiger partial charge on any atom is -0.380 e. The molecule has 1 aromatic carbocycles. The van der Waals surface area contributed by atoms with Crippen LogP contribution in [0.4, 0.5) is 0 Å². The smallest absolute Gasteiger partial charge is 0.151 e. The molecule has 0 unspecified atom stereocenters. The zero-order valence-electron chi connectivity index (χ0n) is 12.7. The third kappa shape index (κ3) is 6.58. The van der Waals surface area contributed by atoms with Crippen molar-refractivity contribution >= 4 is 6.29 Å². The van der Waals surface area contributed by atoms with Crippen LogP contribution in [0.15, 0.2) is 48.2 Å². The van der Waals surface area contributed by atoms with Crippen molar-refractivity contribution in [2.24, 2.45) is 0 Å². The van der Waals surface area contributed by atoms with Gasteiger partial charge in [0.15, 0.2) is 6.29 Å². The Labute approximate surface area is 127 Å². The molecular weight excluding hydrogens is 260 g/mol. The largest absolute Gasteiger partial charge is 0.380 e. The van der Waals surface area contributed by atoms with E-state index in [0.717, 1.165) is 31.2 Å². The zero-order chi connectivity index (χ0) is 15.5. The van der Waals surface area contributed by atoms with Gasteiger partial charge in [-0.3, -0.25) is 4.79 Å². The summed E-state index contributed by atoms with van der Waals surface area (Å²) in [6.07, 6.45) is 8.84. The van der Waals surface area contributed by atoms with Crippen LogP contribution < -0.4 is 0 Å². The van der Waals surface area contributed by atoms with E-state index in [1.165, 1.54) is 5.56 Å². The predicted octanol–water partition coefficient (Wildman–Crippen LogP) is 3.28. The third-order valence-corrected chi connectivity index (χ3v) is 3.11. The number of hydrogen-bond acceptors (Lipinski definition) is 3. The average molecular weight is 282 g/mol. The second-order valence-corrected chi connectivity index (χ2v) is 4.94. The van der Waals surface area contributed by atoms with E-state index in [2.05, 4.69) is 18.2 Å². The maximum Gasteiger partial charge on any atom is 0.151 e. The Morgan fingerprint density at radius 3 is 2.52 bits per heavy atom. The fourth-order valence-electron chi connectivity index (χ4n) is 1.91. The van der Waals surface area contributed by atoms with Crippen LogP contribution in [-0.2, 0) is 17.6 Å². The molecule has 0 saturated heterocycles. The highest BCUT2D eigenvalue weighted by atomic mass is 16.1. The Hall–Kier alpha value is -2.34. The summed E-state index contributed by atoms with van der Waals surface area (Å²) in [5.41, 5.74) is 2.96. The second-order valence-electron chi connectivity index (χ2n) is 4.94. The molecule has 0 atom stereocenters. The highest BCUT2D eigenvalue weighted by Crippen LogP contribution is 2.07. The lowest BCUT2D eigenvalue weighted by atomic mass is 10.1. The van der Waals surface area contributed by atoms with Crippen LogP contribution in [0, 0.1) is 11.3 Å². The van der Waals surface area contributed by atoms with Gasteiger partial charge in [-0.15, -0.1) is 0 Å². The van der Waals surface area contributed by atoms with Gasteiger partial charge in [-0.25, -0.2) is 0 Å². The van der Waals surface area contributed by atoms with Crippen molar-refractivity contribution in [2.75, 3.05) is 13.6 Å². The van der Waals surface area contributed by atoms with Crippen LogP contribution in [0.2, 0.25) is 0 Å². The minimum absolute atomic E-state index is 0.454. The van der Waals surface area contributed by atoms with Gasteiger partial charge < -0.3 is 4.90 Å². The number of allylic oxidation sites excluding steroid dienone is 3. The molecule has 0 aliphatic rings. The van der Waals surface area contributed by atoms with Gasteiger partial charge >= 0.3 is 0 Å². The number of rotatable bonds is 8. The molecule has 21 heavy (non-hydrogen) atoms. The third-order valence-electron chi connectivity index (χ3n) is 3.11. The van der Waals surface area contributed by atoms with Crippen molar-refractivity contribution < 1.29 is 4.79 Å². The molecule has 0 spiro atoms. The van der Waals surface area contributed by atoms with E-state index in [0.29, 0.717) is 12.0 Å². The molecule has 0 bridgehead atoms. The number of nitrogens with zero attached hydrogens (tertiary/aromatic N) is 2. The second kappa shape index (κ2) is 9.55. The summed E-state index contributed by atoms with van der Waals surface area (Å²) in [6.45, 7) is 2.88. The van der Waals surface area contributed by atoms with Crippen molar-refractivity contribution in [3.63, 3.8) is 0 Å². The first-order chi connectivity index (χ1) is 10.2. The molecule has 0 fully saturated rings. The summed E-state index contributed by atoms with van der Waals surface area (Å²) >= 11 is 0. The minimum atomic E-state index is 0.454. The van der Waals surface area contributed by atoms with Gasteiger partial charge in [0.25, 0.3) is 0 Å². The van der Waals surface area contributed by atoms with E-state index < -0.39 is 0 Å². The van der Waals surface area contributed by atoms with Crippen LogP contribution in [0.5, 0.6) is 0 Å². The van der Waals surface area contributed by atoms with E-state index in [1.807, 2.05) is 49.4 Å². The van der Waals surface area contributed by atoms with E-state index in [9.17, 15) is 4.79 Å². The fourth-order valence-corrected chi connectivity index (χ4v) is 1.91. The topological polar surface area (TPSA) is 44.1 Å². The SMILES string of the molecule is CC/C=C/C(C=O)=C\N(C)CCc1ccc(CC#N)cc1.